The van der Waals surface area contributed by atoms with Crippen LogP contribution < -0.4 is 63.9 Å². The summed E-state index contributed by atoms with van der Waals surface area (Å²) in [7, 11) is 0. The fourth-order valence-corrected chi connectivity index (χ4v) is 0.102. The van der Waals surface area contributed by atoms with Crippen molar-refractivity contribution in [1.82, 2.24) is 0 Å². The van der Waals surface area contributed by atoms with E-state index in [9.17, 15) is 0 Å². The Morgan fingerprint density at radius 1 is 1.50 bits per heavy atom. The van der Waals surface area contributed by atoms with Gasteiger partial charge in [-0.25, -0.2) is 0 Å². The van der Waals surface area contributed by atoms with Crippen LogP contribution in [0.15, 0.2) is 0 Å². The van der Waals surface area contributed by atoms with Gasteiger partial charge in [0.25, 0.3) is 0 Å². The predicted octanol–water partition coefficient (Wildman–Crippen LogP) is -2.61. The zero-order chi connectivity index (χ0) is 4.12. The van der Waals surface area contributed by atoms with Crippen LogP contribution in [0, 0.1) is 0 Å². The Labute approximate surface area is 87.4 Å². The average Bonchev–Trinajstić information content (AvgIpc) is 1.41. The van der Waals surface area contributed by atoms with E-state index in [2.05, 4.69) is 0 Å². The smallest absolute Gasteiger partial charge is 0.677 e. The maximum Gasteiger partial charge on any atom is 1.00 e. The minimum Gasteiger partial charge on any atom is -0.677 e. The SMILES string of the molecule is [NH-]CCCN.[Rb+]. The zero-order valence-corrected chi connectivity index (χ0v) is 9.11. The predicted molar refractivity (Wildman–Crippen MR) is 22.9 cm³/mol. The summed E-state index contributed by atoms with van der Waals surface area (Å²) in [6.45, 7) is 1.12. The molecule has 0 aliphatic carbocycles. The van der Waals surface area contributed by atoms with E-state index in [1.54, 1.807) is 0 Å². The quantitative estimate of drug-likeness (QED) is 0.471. The van der Waals surface area contributed by atoms with Gasteiger partial charge in [0.05, 0.1) is 0 Å². The maximum absolute atomic E-state index is 6.52. The van der Waals surface area contributed by atoms with E-state index in [1.165, 1.54) is 0 Å². The molecule has 3 N–H and O–H groups in total. The molecule has 0 aliphatic heterocycles. The number of nitrogens with one attached hydrogen (secondary N) is 1. The van der Waals surface area contributed by atoms with Crippen LogP contribution in [-0.2, 0) is 0 Å². The summed E-state index contributed by atoms with van der Waals surface area (Å²) in [5.41, 5.74) is 11.5. The molecular formula is C3H9N2Rb. The van der Waals surface area contributed by atoms with Crippen molar-refractivity contribution >= 4 is 0 Å². The number of nitrogens with two attached hydrogens (primary N) is 1. The summed E-state index contributed by atoms with van der Waals surface area (Å²) in [5, 5.41) is 0. The molecule has 0 spiro atoms. The molecule has 0 rings (SSSR count). The Kier molecular flexibility index (Phi) is 17.5. The van der Waals surface area contributed by atoms with Crippen LogP contribution in [0.1, 0.15) is 6.42 Å². The number of hydrogen-bond donors (Lipinski definition) is 1. The van der Waals surface area contributed by atoms with Crippen LogP contribution in [0.5, 0.6) is 0 Å². The first kappa shape index (κ1) is 10.7. The Balaban J connectivity index is 0. The van der Waals surface area contributed by atoms with Gasteiger partial charge in [0.15, 0.2) is 0 Å². The fourth-order valence-electron chi connectivity index (χ4n) is 0.102. The van der Waals surface area contributed by atoms with Crippen LogP contribution in [0.2, 0.25) is 0 Å². The maximum atomic E-state index is 6.52. The summed E-state index contributed by atoms with van der Waals surface area (Å²) >= 11 is 0. The molecule has 0 unspecified atom stereocenters. The van der Waals surface area contributed by atoms with Gasteiger partial charge in [-0.2, -0.15) is 0 Å². The van der Waals surface area contributed by atoms with Crippen molar-refractivity contribution in [2.75, 3.05) is 13.1 Å². The third-order valence-corrected chi connectivity index (χ3v) is 0.381. The van der Waals surface area contributed by atoms with Gasteiger partial charge in [0, 0.05) is 0 Å². The Morgan fingerprint density at radius 3 is 2.00 bits per heavy atom. The van der Waals surface area contributed by atoms with E-state index in [0.717, 1.165) is 6.42 Å². The molecule has 0 atom stereocenters. The van der Waals surface area contributed by atoms with Gasteiger partial charge < -0.3 is 11.5 Å². The van der Waals surface area contributed by atoms with Crippen molar-refractivity contribution in [1.29, 1.82) is 0 Å². The number of rotatable bonds is 2. The van der Waals surface area contributed by atoms with Crippen molar-refractivity contribution in [3.8, 4) is 0 Å². The second-order valence-electron chi connectivity index (χ2n) is 0.892. The molecule has 32 valence electrons. The van der Waals surface area contributed by atoms with Crippen molar-refractivity contribution in [2.45, 2.75) is 6.42 Å². The molecule has 0 aliphatic rings. The molecule has 0 aromatic rings. The van der Waals surface area contributed by atoms with Crippen LogP contribution in [-0.4, -0.2) is 13.1 Å². The first-order chi connectivity index (χ1) is 2.41. The normalized spacial score (nSPS) is 7.00. The van der Waals surface area contributed by atoms with E-state index in [1.807, 2.05) is 0 Å². The molecule has 2 nitrogen and oxygen atoms in total. The second-order valence-corrected chi connectivity index (χ2v) is 0.892. The molecule has 0 fully saturated rings. The molecule has 6 heavy (non-hydrogen) atoms. The van der Waals surface area contributed by atoms with Gasteiger partial charge in [-0.15, -0.1) is 6.54 Å². The molecule has 0 aromatic carbocycles. The van der Waals surface area contributed by atoms with Gasteiger partial charge in [0.2, 0.25) is 0 Å². The Bertz CT molecular complexity index is 16.3. The second kappa shape index (κ2) is 9.87. The molecule has 0 heterocycles. The van der Waals surface area contributed by atoms with Gasteiger partial charge in [0.1, 0.15) is 0 Å². The zero-order valence-electron chi connectivity index (χ0n) is 4.20. The minimum atomic E-state index is 0. The molecule has 0 bridgehead atoms. The first-order valence-corrected chi connectivity index (χ1v) is 1.76. The van der Waals surface area contributed by atoms with Crippen molar-refractivity contribution in [3.05, 3.63) is 5.73 Å². The largest absolute Gasteiger partial charge is 1.00 e. The van der Waals surface area contributed by atoms with Crippen LogP contribution in [0.25, 0.3) is 5.73 Å². The minimum absolute atomic E-state index is 0. The summed E-state index contributed by atoms with van der Waals surface area (Å²) < 4.78 is 0. The topological polar surface area (TPSA) is 49.8 Å². The van der Waals surface area contributed by atoms with E-state index in [4.69, 9.17) is 11.5 Å². The summed E-state index contributed by atoms with van der Waals surface area (Å²) in [4.78, 5) is 0. The van der Waals surface area contributed by atoms with Crippen LogP contribution >= 0.6 is 0 Å². The average molecular weight is 159 g/mol. The Morgan fingerprint density at radius 2 is 2.00 bits per heavy atom. The van der Waals surface area contributed by atoms with Gasteiger partial charge in [-0.05, 0) is 6.54 Å². The molecule has 3 heteroatoms. The molecule has 0 saturated carbocycles. The van der Waals surface area contributed by atoms with E-state index in [0.29, 0.717) is 13.1 Å². The third-order valence-electron chi connectivity index (χ3n) is 0.381. The summed E-state index contributed by atoms with van der Waals surface area (Å²) in [6.07, 6.45) is 0.833. The van der Waals surface area contributed by atoms with E-state index >= 15 is 0 Å². The van der Waals surface area contributed by atoms with E-state index in [-0.39, 0.29) is 58.2 Å². The Hall–Kier alpha value is 1.73. The molecule has 0 amide bonds. The van der Waals surface area contributed by atoms with Crippen LogP contribution in [0.3, 0.4) is 0 Å². The van der Waals surface area contributed by atoms with E-state index < -0.39 is 0 Å². The van der Waals surface area contributed by atoms with Crippen molar-refractivity contribution < 1.29 is 58.2 Å². The van der Waals surface area contributed by atoms with Crippen molar-refractivity contribution in [2.24, 2.45) is 5.73 Å². The fraction of sp³-hybridized carbons (Fsp3) is 1.00. The standard InChI is InChI=1S/C3H9N2.Rb/c4-2-1-3-5;/h4H,1-3,5H2;/q-1;+1. The van der Waals surface area contributed by atoms with Gasteiger partial charge in [-0.1, -0.05) is 6.42 Å². The van der Waals surface area contributed by atoms with Gasteiger partial charge in [-0.3, -0.25) is 0 Å². The van der Waals surface area contributed by atoms with Crippen molar-refractivity contribution in [3.63, 3.8) is 0 Å². The molecule has 0 saturated heterocycles. The molecule has 0 aromatic heterocycles. The molecular weight excluding hydrogens is 150 g/mol. The third kappa shape index (κ3) is 9.21. The monoisotopic (exact) mass is 158 g/mol. The summed E-state index contributed by atoms with van der Waals surface area (Å²) in [6, 6.07) is 0. The van der Waals surface area contributed by atoms with Crippen LogP contribution in [0.4, 0.5) is 0 Å². The first-order valence-electron chi connectivity index (χ1n) is 1.76. The summed E-state index contributed by atoms with van der Waals surface area (Å²) in [5.74, 6) is 0. The number of hydrogen-bond acceptors (Lipinski definition) is 1. The molecule has 0 radical (unpaired) electrons. The van der Waals surface area contributed by atoms with Gasteiger partial charge >= 0.3 is 58.2 Å².